The fraction of sp³-hybridized carbons (Fsp3) is 1.00. The lowest BCUT2D eigenvalue weighted by Gasteiger charge is -2.24. The molecule has 0 radical (unpaired) electrons. The molecule has 3 nitrogen and oxygen atoms in total. The molecule has 14 heavy (non-hydrogen) atoms. The van der Waals surface area contributed by atoms with Crippen LogP contribution in [0.4, 0.5) is 0 Å². The third-order valence-corrected chi connectivity index (χ3v) is 2.73. The second-order valence-corrected chi connectivity index (χ2v) is 4.05. The number of likely N-dealkylation sites (N-methyl/N-ethyl adjacent to an activating group) is 1. The summed E-state index contributed by atoms with van der Waals surface area (Å²) in [5.41, 5.74) is 0. The lowest BCUT2D eigenvalue weighted by molar-refractivity contribution is 0.115. The van der Waals surface area contributed by atoms with Gasteiger partial charge in [-0.05, 0) is 27.3 Å². The highest BCUT2D eigenvalue weighted by molar-refractivity contribution is 4.65. The number of nitrogens with zero attached hydrogens (tertiary/aromatic N) is 1. The summed E-state index contributed by atoms with van der Waals surface area (Å²) in [5.74, 6) is 0. The predicted molar refractivity (Wildman–Crippen MR) is 61.7 cm³/mol. The smallest absolute Gasteiger partial charge is 0.0615 e. The molecular formula is C11H26N2O. The number of rotatable bonds is 8. The van der Waals surface area contributed by atoms with Gasteiger partial charge in [0.2, 0.25) is 0 Å². The maximum atomic E-state index is 5.11. The first-order chi connectivity index (χ1) is 6.61. The number of nitrogens with one attached hydrogen (secondary N) is 1. The van der Waals surface area contributed by atoms with Crippen LogP contribution in [-0.2, 0) is 4.74 Å². The average molecular weight is 202 g/mol. The molecule has 0 aliphatic carbocycles. The normalized spacial score (nSPS) is 15.9. The summed E-state index contributed by atoms with van der Waals surface area (Å²) in [4.78, 5) is 2.32. The molecule has 0 aliphatic heterocycles. The molecular weight excluding hydrogens is 176 g/mol. The molecule has 0 heterocycles. The zero-order valence-electron chi connectivity index (χ0n) is 10.3. The van der Waals surface area contributed by atoms with Crippen LogP contribution in [0.15, 0.2) is 0 Å². The summed E-state index contributed by atoms with van der Waals surface area (Å²) in [5, 5.41) is 3.48. The van der Waals surface area contributed by atoms with E-state index in [9.17, 15) is 0 Å². The van der Waals surface area contributed by atoms with Gasteiger partial charge in [-0.15, -0.1) is 0 Å². The van der Waals surface area contributed by atoms with E-state index in [4.69, 9.17) is 4.74 Å². The van der Waals surface area contributed by atoms with Gasteiger partial charge in [0.05, 0.1) is 6.61 Å². The molecule has 2 atom stereocenters. The van der Waals surface area contributed by atoms with Gasteiger partial charge in [-0.3, -0.25) is 0 Å². The minimum absolute atomic E-state index is 0.499. The van der Waals surface area contributed by atoms with Crippen LogP contribution in [0.25, 0.3) is 0 Å². The third-order valence-electron chi connectivity index (χ3n) is 2.73. The van der Waals surface area contributed by atoms with Crippen LogP contribution in [0.5, 0.6) is 0 Å². The van der Waals surface area contributed by atoms with Gasteiger partial charge in [0.25, 0.3) is 0 Å². The first kappa shape index (κ1) is 13.9. The summed E-state index contributed by atoms with van der Waals surface area (Å²) in [7, 11) is 3.89. The molecule has 0 aromatic carbocycles. The van der Waals surface area contributed by atoms with Crippen molar-refractivity contribution in [3.05, 3.63) is 0 Å². The molecule has 0 bridgehead atoms. The van der Waals surface area contributed by atoms with Crippen molar-refractivity contribution in [1.29, 1.82) is 0 Å². The molecule has 0 amide bonds. The number of methoxy groups -OCH3 is 1. The van der Waals surface area contributed by atoms with E-state index in [1.165, 1.54) is 6.42 Å². The molecule has 0 fully saturated rings. The molecule has 2 unspecified atom stereocenters. The molecule has 1 N–H and O–H groups in total. The Morgan fingerprint density at radius 1 is 1.36 bits per heavy atom. The van der Waals surface area contributed by atoms with Crippen LogP contribution in [0.3, 0.4) is 0 Å². The van der Waals surface area contributed by atoms with Gasteiger partial charge in [0, 0.05) is 32.3 Å². The Hall–Kier alpha value is -0.120. The minimum Gasteiger partial charge on any atom is -0.383 e. The highest BCUT2D eigenvalue weighted by atomic mass is 16.5. The van der Waals surface area contributed by atoms with Crippen LogP contribution < -0.4 is 5.32 Å². The van der Waals surface area contributed by atoms with Crippen LogP contribution in [0, 0.1) is 0 Å². The van der Waals surface area contributed by atoms with Crippen molar-refractivity contribution in [3.63, 3.8) is 0 Å². The van der Waals surface area contributed by atoms with Crippen LogP contribution >= 0.6 is 0 Å². The summed E-state index contributed by atoms with van der Waals surface area (Å²) in [6, 6.07) is 1.12. The molecule has 0 aromatic heterocycles. The molecule has 3 heteroatoms. The number of hydrogen-bond acceptors (Lipinski definition) is 3. The Bertz CT molecular complexity index is 130. The molecule has 0 aromatic rings. The second kappa shape index (κ2) is 8.21. The van der Waals surface area contributed by atoms with Crippen molar-refractivity contribution < 1.29 is 4.74 Å². The van der Waals surface area contributed by atoms with E-state index in [1.54, 1.807) is 7.11 Å². The quantitative estimate of drug-likeness (QED) is 0.643. The molecule has 0 saturated carbocycles. The highest BCUT2D eigenvalue weighted by Gasteiger charge is 2.07. The SMILES string of the molecule is CCC(C)NCCN(C)C(C)COC. The Balaban J connectivity index is 3.47. The molecule has 86 valence electrons. The number of ether oxygens (including phenoxy) is 1. The van der Waals surface area contributed by atoms with Gasteiger partial charge < -0.3 is 15.0 Å². The van der Waals surface area contributed by atoms with E-state index in [2.05, 4.69) is 38.0 Å². The summed E-state index contributed by atoms with van der Waals surface area (Å²) < 4.78 is 5.11. The van der Waals surface area contributed by atoms with Crippen LogP contribution in [0.2, 0.25) is 0 Å². The largest absolute Gasteiger partial charge is 0.383 e. The van der Waals surface area contributed by atoms with Crippen molar-refractivity contribution >= 4 is 0 Å². The Morgan fingerprint density at radius 2 is 2.00 bits per heavy atom. The Labute approximate surface area is 88.8 Å². The second-order valence-electron chi connectivity index (χ2n) is 4.05. The van der Waals surface area contributed by atoms with Crippen molar-refractivity contribution in [1.82, 2.24) is 10.2 Å². The average Bonchev–Trinajstić information content (AvgIpc) is 2.17. The van der Waals surface area contributed by atoms with Crippen molar-refractivity contribution in [2.75, 3.05) is 33.9 Å². The summed E-state index contributed by atoms with van der Waals surface area (Å²) in [6.45, 7) is 9.55. The van der Waals surface area contributed by atoms with Gasteiger partial charge in [0.15, 0.2) is 0 Å². The standard InChI is InChI=1S/C11H26N2O/c1-6-10(2)12-7-8-13(4)11(3)9-14-5/h10-12H,6-9H2,1-5H3. The minimum atomic E-state index is 0.499. The van der Waals surface area contributed by atoms with E-state index < -0.39 is 0 Å². The lowest BCUT2D eigenvalue weighted by atomic mass is 10.2. The third kappa shape index (κ3) is 6.35. The van der Waals surface area contributed by atoms with Crippen LogP contribution in [-0.4, -0.2) is 50.8 Å². The Kier molecular flexibility index (Phi) is 8.14. The first-order valence-corrected chi connectivity index (χ1v) is 5.54. The van der Waals surface area contributed by atoms with Gasteiger partial charge in [-0.1, -0.05) is 6.92 Å². The summed E-state index contributed by atoms with van der Waals surface area (Å²) >= 11 is 0. The van der Waals surface area contributed by atoms with Gasteiger partial charge >= 0.3 is 0 Å². The highest BCUT2D eigenvalue weighted by Crippen LogP contribution is 1.95. The zero-order valence-corrected chi connectivity index (χ0v) is 10.3. The molecule has 0 aliphatic rings. The zero-order chi connectivity index (χ0) is 11.0. The van der Waals surface area contributed by atoms with E-state index in [0.717, 1.165) is 19.7 Å². The van der Waals surface area contributed by atoms with Gasteiger partial charge in [-0.25, -0.2) is 0 Å². The monoisotopic (exact) mass is 202 g/mol. The van der Waals surface area contributed by atoms with E-state index in [0.29, 0.717) is 12.1 Å². The van der Waals surface area contributed by atoms with Crippen molar-refractivity contribution in [2.45, 2.75) is 39.3 Å². The molecule has 0 rings (SSSR count). The maximum absolute atomic E-state index is 5.11. The van der Waals surface area contributed by atoms with Crippen molar-refractivity contribution in [2.24, 2.45) is 0 Å². The van der Waals surface area contributed by atoms with Gasteiger partial charge in [0.1, 0.15) is 0 Å². The van der Waals surface area contributed by atoms with Crippen molar-refractivity contribution in [3.8, 4) is 0 Å². The first-order valence-electron chi connectivity index (χ1n) is 5.54. The lowest BCUT2D eigenvalue weighted by Crippen LogP contribution is -2.39. The predicted octanol–water partition coefficient (Wildman–Crippen LogP) is 1.34. The summed E-state index contributed by atoms with van der Waals surface area (Å²) in [6.07, 6.45) is 1.19. The number of hydrogen-bond donors (Lipinski definition) is 1. The molecule has 0 spiro atoms. The topological polar surface area (TPSA) is 24.5 Å². The fourth-order valence-electron chi connectivity index (χ4n) is 1.22. The molecule has 0 saturated heterocycles. The maximum Gasteiger partial charge on any atom is 0.0615 e. The van der Waals surface area contributed by atoms with E-state index in [1.807, 2.05) is 0 Å². The fourth-order valence-corrected chi connectivity index (χ4v) is 1.22. The van der Waals surface area contributed by atoms with E-state index >= 15 is 0 Å². The van der Waals surface area contributed by atoms with E-state index in [-0.39, 0.29) is 0 Å². The van der Waals surface area contributed by atoms with Crippen LogP contribution in [0.1, 0.15) is 27.2 Å². The van der Waals surface area contributed by atoms with Gasteiger partial charge in [-0.2, -0.15) is 0 Å². The Morgan fingerprint density at radius 3 is 2.50 bits per heavy atom.